The van der Waals surface area contributed by atoms with Gasteiger partial charge in [0.2, 0.25) is 10.0 Å². The van der Waals surface area contributed by atoms with Gasteiger partial charge in [-0.1, -0.05) is 0 Å². The zero-order chi connectivity index (χ0) is 14.0. The van der Waals surface area contributed by atoms with Crippen LogP contribution in [0.3, 0.4) is 0 Å². The first-order valence-electron chi connectivity index (χ1n) is 5.62. The van der Waals surface area contributed by atoms with Gasteiger partial charge in [0.15, 0.2) is 11.5 Å². The van der Waals surface area contributed by atoms with E-state index in [1.165, 1.54) is 14.2 Å². The van der Waals surface area contributed by atoms with Crippen molar-refractivity contribution >= 4 is 10.0 Å². The van der Waals surface area contributed by atoms with Gasteiger partial charge in [-0.3, -0.25) is 0 Å². The van der Waals surface area contributed by atoms with E-state index in [0.29, 0.717) is 13.1 Å². The average molecular weight is 290 g/mol. The van der Waals surface area contributed by atoms with Crippen molar-refractivity contribution in [1.82, 2.24) is 10.0 Å². The second-order valence-electron chi connectivity index (χ2n) is 4.11. The Hall–Kier alpha value is -1.38. The van der Waals surface area contributed by atoms with Gasteiger partial charge in [0.05, 0.1) is 14.2 Å². The fraction of sp³-hybridized carbons (Fsp3) is 0.455. The molecule has 0 bridgehead atoms. The fourth-order valence-corrected chi connectivity index (χ4v) is 3.01. The fourth-order valence-electron chi connectivity index (χ4n) is 1.70. The summed E-state index contributed by atoms with van der Waals surface area (Å²) in [7, 11) is -1.20. The van der Waals surface area contributed by atoms with Gasteiger partial charge in [0, 0.05) is 31.3 Å². The number of hydrogen-bond donors (Lipinski definition) is 2. The van der Waals surface area contributed by atoms with Gasteiger partial charge in [0.1, 0.15) is 10.7 Å². The van der Waals surface area contributed by atoms with Gasteiger partial charge in [-0.25, -0.2) is 17.5 Å². The summed E-state index contributed by atoms with van der Waals surface area (Å²) in [4.78, 5) is -0.447. The summed E-state index contributed by atoms with van der Waals surface area (Å²) in [5.41, 5.74) is 0. The maximum atomic E-state index is 13.9. The number of sulfonamides is 1. The Morgan fingerprint density at radius 1 is 1.26 bits per heavy atom. The summed E-state index contributed by atoms with van der Waals surface area (Å²) < 4.78 is 50.2. The minimum absolute atomic E-state index is 0.143. The van der Waals surface area contributed by atoms with Crippen LogP contribution in [-0.2, 0) is 10.0 Å². The lowest BCUT2D eigenvalue weighted by Gasteiger charge is -2.27. The highest BCUT2D eigenvalue weighted by Crippen LogP contribution is 2.31. The number of hydrogen-bond acceptors (Lipinski definition) is 5. The zero-order valence-corrected chi connectivity index (χ0v) is 11.4. The van der Waals surface area contributed by atoms with Crippen molar-refractivity contribution < 1.29 is 22.3 Å². The Bertz CT molecular complexity index is 572. The van der Waals surface area contributed by atoms with E-state index < -0.39 is 20.7 Å². The van der Waals surface area contributed by atoms with Crippen molar-refractivity contribution in [3.63, 3.8) is 0 Å². The molecule has 0 spiro atoms. The van der Waals surface area contributed by atoms with Crippen LogP contribution in [0.1, 0.15) is 0 Å². The molecule has 2 N–H and O–H groups in total. The molecule has 1 aliphatic heterocycles. The van der Waals surface area contributed by atoms with Crippen molar-refractivity contribution in [2.24, 2.45) is 0 Å². The number of ether oxygens (including phenoxy) is 2. The normalized spacial score (nSPS) is 15.9. The van der Waals surface area contributed by atoms with Crippen LogP contribution in [0.2, 0.25) is 0 Å². The quantitative estimate of drug-likeness (QED) is 0.804. The predicted molar refractivity (Wildman–Crippen MR) is 66.5 cm³/mol. The maximum absolute atomic E-state index is 13.9. The molecule has 1 heterocycles. The van der Waals surface area contributed by atoms with Crippen molar-refractivity contribution in [2.45, 2.75) is 10.9 Å². The average Bonchev–Trinajstić information content (AvgIpc) is 2.33. The second kappa shape index (κ2) is 5.32. The Balaban J connectivity index is 2.37. The van der Waals surface area contributed by atoms with E-state index in [1.807, 2.05) is 0 Å². The Morgan fingerprint density at radius 2 is 1.84 bits per heavy atom. The first-order valence-corrected chi connectivity index (χ1v) is 7.11. The van der Waals surface area contributed by atoms with E-state index in [1.54, 1.807) is 0 Å². The molecule has 0 amide bonds. The minimum Gasteiger partial charge on any atom is -0.493 e. The molecular formula is C11H15FN2O4S. The third-order valence-electron chi connectivity index (χ3n) is 2.83. The lowest BCUT2D eigenvalue weighted by molar-refractivity contribution is 0.350. The van der Waals surface area contributed by atoms with E-state index in [4.69, 9.17) is 9.47 Å². The summed E-state index contributed by atoms with van der Waals surface area (Å²) in [6.07, 6.45) is 0. The van der Waals surface area contributed by atoms with Gasteiger partial charge in [-0.15, -0.1) is 0 Å². The lowest BCUT2D eigenvalue weighted by Crippen LogP contribution is -2.56. The van der Waals surface area contributed by atoms with Gasteiger partial charge in [-0.2, -0.15) is 0 Å². The van der Waals surface area contributed by atoms with Crippen LogP contribution in [0.15, 0.2) is 17.0 Å². The van der Waals surface area contributed by atoms with Crippen LogP contribution in [-0.4, -0.2) is 41.8 Å². The molecule has 106 valence electrons. The molecule has 1 aliphatic rings. The molecule has 1 fully saturated rings. The van der Waals surface area contributed by atoms with Crippen LogP contribution in [0.5, 0.6) is 11.5 Å². The third-order valence-corrected chi connectivity index (χ3v) is 4.37. The van der Waals surface area contributed by atoms with Crippen LogP contribution < -0.4 is 19.5 Å². The van der Waals surface area contributed by atoms with Crippen molar-refractivity contribution in [1.29, 1.82) is 0 Å². The van der Waals surface area contributed by atoms with E-state index in [2.05, 4.69) is 10.0 Å². The molecule has 0 radical (unpaired) electrons. The van der Waals surface area contributed by atoms with Crippen LogP contribution >= 0.6 is 0 Å². The number of halogens is 1. The monoisotopic (exact) mass is 290 g/mol. The van der Waals surface area contributed by atoms with Gasteiger partial charge < -0.3 is 14.8 Å². The molecule has 19 heavy (non-hydrogen) atoms. The van der Waals surface area contributed by atoms with Crippen molar-refractivity contribution in [3.8, 4) is 11.5 Å². The largest absolute Gasteiger partial charge is 0.493 e. The van der Waals surface area contributed by atoms with E-state index in [9.17, 15) is 12.8 Å². The Morgan fingerprint density at radius 3 is 2.32 bits per heavy atom. The SMILES string of the molecule is COc1cc(F)c(S(=O)(=O)NC2CNC2)cc1OC. The first-order chi connectivity index (χ1) is 8.97. The van der Waals surface area contributed by atoms with Gasteiger partial charge in [-0.05, 0) is 0 Å². The maximum Gasteiger partial charge on any atom is 0.243 e. The van der Waals surface area contributed by atoms with Crippen LogP contribution in [0.4, 0.5) is 4.39 Å². The first kappa shape index (κ1) is 14.0. The predicted octanol–water partition coefficient (Wildman–Crippen LogP) is 0.0930. The summed E-state index contributed by atoms with van der Waals surface area (Å²) in [6, 6.07) is 1.90. The number of methoxy groups -OCH3 is 2. The zero-order valence-electron chi connectivity index (χ0n) is 10.6. The molecular weight excluding hydrogens is 275 g/mol. The molecule has 2 rings (SSSR count). The number of rotatable bonds is 5. The van der Waals surface area contributed by atoms with E-state index in [-0.39, 0.29) is 17.5 Å². The molecule has 0 unspecified atom stereocenters. The van der Waals surface area contributed by atoms with Crippen LogP contribution in [0.25, 0.3) is 0 Å². The van der Waals surface area contributed by atoms with Gasteiger partial charge >= 0.3 is 0 Å². The number of benzene rings is 1. The smallest absolute Gasteiger partial charge is 0.243 e. The van der Waals surface area contributed by atoms with E-state index in [0.717, 1.165) is 12.1 Å². The molecule has 0 aliphatic carbocycles. The third kappa shape index (κ3) is 2.80. The molecule has 1 aromatic carbocycles. The minimum atomic E-state index is -3.91. The molecule has 0 atom stereocenters. The van der Waals surface area contributed by atoms with E-state index >= 15 is 0 Å². The van der Waals surface area contributed by atoms with Crippen molar-refractivity contribution in [2.75, 3.05) is 27.3 Å². The molecule has 6 nitrogen and oxygen atoms in total. The molecule has 0 aromatic heterocycles. The standard InChI is InChI=1S/C11H15FN2O4S/c1-17-9-3-8(12)11(4-10(9)18-2)19(15,16)14-7-5-13-6-7/h3-4,7,13-14H,5-6H2,1-2H3. The highest BCUT2D eigenvalue weighted by Gasteiger charge is 2.28. The Labute approximate surface area is 111 Å². The molecule has 1 aromatic rings. The van der Waals surface area contributed by atoms with Gasteiger partial charge in [0.25, 0.3) is 0 Å². The lowest BCUT2D eigenvalue weighted by atomic mass is 10.2. The van der Waals surface area contributed by atoms with Crippen molar-refractivity contribution in [3.05, 3.63) is 17.9 Å². The topological polar surface area (TPSA) is 76.7 Å². The second-order valence-corrected chi connectivity index (χ2v) is 5.80. The highest BCUT2D eigenvalue weighted by molar-refractivity contribution is 7.89. The summed E-state index contributed by atoms with van der Waals surface area (Å²) >= 11 is 0. The summed E-state index contributed by atoms with van der Waals surface area (Å²) in [5, 5.41) is 2.93. The molecule has 0 saturated carbocycles. The molecule has 1 saturated heterocycles. The summed E-state index contributed by atoms with van der Waals surface area (Å²) in [6.45, 7) is 1.07. The Kier molecular flexibility index (Phi) is 3.93. The van der Waals surface area contributed by atoms with Crippen LogP contribution in [0, 0.1) is 5.82 Å². The highest BCUT2D eigenvalue weighted by atomic mass is 32.2. The summed E-state index contributed by atoms with van der Waals surface area (Å²) in [5.74, 6) is -0.572. The number of nitrogens with one attached hydrogen (secondary N) is 2. The molecule has 8 heteroatoms.